The predicted molar refractivity (Wildman–Crippen MR) is 68.7 cm³/mol. The maximum absolute atomic E-state index is 12.4. The number of nitrogens with zero attached hydrogens (tertiary/aromatic N) is 1. The van der Waals surface area contributed by atoms with E-state index in [1.807, 2.05) is 25.7 Å². The third kappa shape index (κ3) is 3.42. The number of piperidine rings is 1. The molecule has 0 aromatic heterocycles. The Morgan fingerprint density at radius 2 is 2.24 bits per heavy atom. The highest BCUT2D eigenvalue weighted by atomic mass is 16.5. The Morgan fingerprint density at radius 1 is 1.53 bits per heavy atom. The van der Waals surface area contributed by atoms with E-state index in [4.69, 9.17) is 10.5 Å². The van der Waals surface area contributed by atoms with E-state index in [9.17, 15) is 4.79 Å². The van der Waals surface area contributed by atoms with Crippen molar-refractivity contribution in [3.8, 4) is 0 Å². The monoisotopic (exact) mass is 242 g/mol. The minimum absolute atomic E-state index is 0.187. The van der Waals surface area contributed by atoms with Crippen LogP contribution in [0, 0.1) is 5.41 Å². The number of likely N-dealkylation sites (tertiary alicyclic amines) is 1. The molecule has 0 aromatic carbocycles. The van der Waals surface area contributed by atoms with Gasteiger partial charge in [-0.15, -0.1) is 0 Å². The van der Waals surface area contributed by atoms with Crippen molar-refractivity contribution in [3.63, 3.8) is 0 Å². The van der Waals surface area contributed by atoms with Crippen LogP contribution < -0.4 is 5.73 Å². The molecule has 1 aliphatic rings. The summed E-state index contributed by atoms with van der Waals surface area (Å²) in [6.07, 6.45) is 3.08. The Balaban J connectivity index is 2.62. The molecule has 100 valence electrons. The normalized spacial score (nSPS) is 24.5. The molecule has 4 nitrogen and oxygen atoms in total. The van der Waals surface area contributed by atoms with Crippen molar-refractivity contribution in [1.82, 2.24) is 4.90 Å². The number of amides is 1. The largest absolute Gasteiger partial charge is 0.377 e. The summed E-state index contributed by atoms with van der Waals surface area (Å²) >= 11 is 0. The van der Waals surface area contributed by atoms with Crippen LogP contribution in [0.4, 0.5) is 0 Å². The molecule has 2 atom stereocenters. The predicted octanol–water partition coefficient (Wildman–Crippen LogP) is 1.39. The SMILES string of the molecule is CCOC1CCCN(C(=O)C(C)(CC)CN)C1. The van der Waals surface area contributed by atoms with Gasteiger partial charge in [-0.2, -0.15) is 0 Å². The van der Waals surface area contributed by atoms with Crippen LogP contribution in [0.5, 0.6) is 0 Å². The molecule has 1 fully saturated rings. The quantitative estimate of drug-likeness (QED) is 0.792. The fourth-order valence-electron chi connectivity index (χ4n) is 2.26. The van der Waals surface area contributed by atoms with Gasteiger partial charge in [0, 0.05) is 26.2 Å². The number of hydrogen-bond acceptors (Lipinski definition) is 3. The second-order valence-corrected chi connectivity index (χ2v) is 5.09. The Bertz CT molecular complexity index is 250. The second-order valence-electron chi connectivity index (χ2n) is 5.09. The lowest BCUT2D eigenvalue weighted by Gasteiger charge is -2.38. The molecule has 2 unspecified atom stereocenters. The molecule has 17 heavy (non-hydrogen) atoms. The maximum Gasteiger partial charge on any atom is 0.229 e. The van der Waals surface area contributed by atoms with Gasteiger partial charge in [-0.05, 0) is 33.1 Å². The first-order valence-corrected chi connectivity index (χ1v) is 6.68. The second kappa shape index (κ2) is 6.36. The van der Waals surface area contributed by atoms with Crippen molar-refractivity contribution in [2.45, 2.75) is 46.1 Å². The van der Waals surface area contributed by atoms with E-state index in [0.717, 1.165) is 32.4 Å². The molecule has 0 saturated carbocycles. The van der Waals surface area contributed by atoms with Crippen LogP contribution >= 0.6 is 0 Å². The summed E-state index contributed by atoms with van der Waals surface area (Å²) in [7, 11) is 0. The number of carbonyl (C=O) groups is 1. The van der Waals surface area contributed by atoms with Crippen LogP contribution in [0.25, 0.3) is 0 Å². The van der Waals surface area contributed by atoms with Gasteiger partial charge in [0.2, 0.25) is 5.91 Å². The summed E-state index contributed by atoms with van der Waals surface area (Å²) in [5, 5.41) is 0. The van der Waals surface area contributed by atoms with Gasteiger partial charge in [-0.3, -0.25) is 4.79 Å². The summed E-state index contributed by atoms with van der Waals surface area (Å²) in [4.78, 5) is 14.4. The molecule has 1 amide bonds. The molecule has 1 saturated heterocycles. The highest BCUT2D eigenvalue weighted by molar-refractivity contribution is 5.82. The van der Waals surface area contributed by atoms with Gasteiger partial charge >= 0.3 is 0 Å². The molecular weight excluding hydrogens is 216 g/mol. The molecule has 4 heteroatoms. The molecule has 1 heterocycles. The van der Waals surface area contributed by atoms with Crippen molar-refractivity contribution in [3.05, 3.63) is 0 Å². The average molecular weight is 242 g/mol. The molecule has 2 N–H and O–H groups in total. The van der Waals surface area contributed by atoms with Gasteiger partial charge in [0.05, 0.1) is 11.5 Å². The third-order valence-corrected chi connectivity index (χ3v) is 3.81. The van der Waals surface area contributed by atoms with Crippen LogP contribution in [0.3, 0.4) is 0 Å². The van der Waals surface area contributed by atoms with Crippen molar-refractivity contribution in [2.75, 3.05) is 26.2 Å². The fraction of sp³-hybridized carbons (Fsp3) is 0.923. The zero-order valence-electron chi connectivity index (χ0n) is 11.4. The molecule has 0 aliphatic carbocycles. The smallest absolute Gasteiger partial charge is 0.229 e. The lowest BCUT2D eigenvalue weighted by atomic mass is 9.85. The Morgan fingerprint density at radius 3 is 2.76 bits per heavy atom. The van der Waals surface area contributed by atoms with Crippen LogP contribution in [0.2, 0.25) is 0 Å². The molecular formula is C13H26N2O2. The van der Waals surface area contributed by atoms with Gasteiger partial charge in [0.1, 0.15) is 0 Å². The minimum atomic E-state index is -0.409. The summed E-state index contributed by atoms with van der Waals surface area (Å²) in [5.74, 6) is 0.187. The highest BCUT2D eigenvalue weighted by Gasteiger charge is 2.35. The first-order valence-electron chi connectivity index (χ1n) is 6.68. The number of ether oxygens (including phenoxy) is 1. The molecule has 0 spiro atoms. The molecule has 1 aliphatic heterocycles. The number of hydrogen-bond donors (Lipinski definition) is 1. The van der Waals surface area contributed by atoms with E-state index >= 15 is 0 Å². The van der Waals surface area contributed by atoms with Gasteiger partial charge in [-0.1, -0.05) is 6.92 Å². The van der Waals surface area contributed by atoms with E-state index < -0.39 is 5.41 Å². The summed E-state index contributed by atoms with van der Waals surface area (Å²) < 4.78 is 5.62. The first kappa shape index (κ1) is 14.5. The van der Waals surface area contributed by atoms with Crippen molar-refractivity contribution < 1.29 is 9.53 Å². The zero-order chi connectivity index (χ0) is 12.9. The van der Waals surface area contributed by atoms with Crippen LogP contribution in [-0.2, 0) is 9.53 Å². The lowest BCUT2D eigenvalue weighted by Crippen LogP contribution is -2.51. The minimum Gasteiger partial charge on any atom is -0.377 e. The van der Waals surface area contributed by atoms with Crippen LogP contribution in [0.15, 0.2) is 0 Å². The standard InChI is InChI=1S/C13H26N2O2/c1-4-13(3,10-14)12(16)15-8-6-7-11(9-15)17-5-2/h11H,4-10,14H2,1-3H3. The van der Waals surface area contributed by atoms with E-state index in [1.165, 1.54) is 0 Å². The molecule has 1 rings (SSSR count). The van der Waals surface area contributed by atoms with Crippen LogP contribution in [0.1, 0.15) is 40.0 Å². The van der Waals surface area contributed by atoms with Crippen molar-refractivity contribution >= 4 is 5.91 Å². The van der Waals surface area contributed by atoms with Crippen molar-refractivity contribution in [2.24, 2.45) is 11.1 Å². The maximum atomic E-state index is 12.4. The Hall–Kier alpha value is -0.610. The van der Waals surface area contributed by atoms with E-state index in [-0.39, 0.29) is 12.0 Å². The Kier molecular flexibility index (Phi) is 5.40. The van der Waals surface area contributed by atoms with Gasteiger partial charge in [-0.25, -0.2) is 0 Å². The summed E-state index contributed by atoms with van der Waals surface area (Å²) in [6, 6.07) is 0. The number of nitrogens with two attached hydrogens (primary N) is 1. The van der Waals surface area contributed by atoms with E-state index in [2.05, 4.69) is 0 Å². The number of carbonyl (C=O) groups excluding carboxylic acids is 1. The molecule has 0 bridgehead atoms. The third-order valence-electron chi connectivity index (χ3n) is 3.81. The summed E-state index contributed by atoms with van der Waals surface area (Å²) in [5.41, 5.74) is 5.33. The van der Waals surface area contributed by atoms with Gasteiger partial charge in [0.25, 0.3) is 0 Å². The van der Waals surface area contributed by atoms with Crippen LogP contribution in [-0.4, -0.2) is 43.2 Å². The average Bonchev–Trinajstić information content (AvgIpc) is 2.37. The lowest BCUT2D eigenvalue weighted by molar-refractivity contribution is -0.145. The van der Waals surface area contributed by atoms with Crippen molar-refractivity contribution in [1.29, 1.82) is 0 Å². The highest BCUT2D eigenvalue weighted by Crippen LogP contribution is 2.25. The summed E-state index contributed by atoms with van der Waals surface area (Å²) in [6.45, 7) is 8.68. The van der Waals surface area contributed by atoms with Gasteiger partial charge in [0.15, 0.2) is 0 Å². The van der Waals surface area contributed by atoms with Gasteiger partial charge < -0.3 is 15.4 Å². The van der Waals surface area contributed by atoms with E-state index in [0.29, 0.717) is 13.2 Å². The Labute approximate surface area is 104 Å². The molecule has 0 aromatic rings. The fourth-order valence-corrected chi connectivity index (χ4v) is 2.26. The topological polar surface area (TPSA) is 55.6 Å². The molecule has 0 radical (unpaired) electrons. The number of rotatable bonds is 5. The zero-order valence-corrected chi connectivity index (χ0v) is 11.4. The first-order chi connectivity index (χ1) is 8.07. The van der Waals surface area contributed by atoms with E-state index in [1.54, 1.807) is 0 Å².